The van der Waals surface area contributed by atoms with Gasteiger partial charge in [0.1, 0.15) is 0 Å². The van der Waals surface area contributed by atoms with Gasteiger partial charge in [-0.1, -0.05) is 30.3 Å². The van der Waals surface area contributed by atoms with Crippen LogP contribution in [0, 0.1) is 0 Å². The minimum atomic E-state index is 0. The van der Waals surface area contributed by atoms with E-state index in [-0.39, 0.29) is 12.4 Å². The smallest absolute Gasteiger partial charge is 0.186 e. The number of benzene rings is 1. The second-order valence-corrected chi connectivity index (χ2v) is 4.82. The molecule has 96 valence electrons. The van der Waals surface area contributed by atoms with Crippen LogP contribution in [0.4, 0.5) is 5.13 Å². The first-order chi connectivity index (χ1) is 8.43. The fraction of sp³-hybridized carbons (Fsp3) is 0.308. The molecule has 1 aliphatic rings. The molecule has 5 heteroatoms. The van der Waals surface area contributed by atoms with Crippen LogP contribution in [0.5, 0.6) is 0 Å². The van der Waals surface area contributed by atoms with Gasteiger partial charge in [0.2, 0.25) is 0 Å². The molecule has 0 atom stereocenters. The zero-order valence-electron chi connectivity index (χ0n) is 9.88. The molecule has 3 rings (SSSR count). The van der Waals surface area contributed by atoms with Crippen molar-refractivity contribution < 1.29 is 17.1 Å². The van der Waals surface area contributed by atoms with Gasteiger partial charge in [0, 0.05) is 24.0 Å². The largest absolute Gasteiger partial charge is 1.00 e. The van der Waals surface area contributed by atoms with E-state index in [1.54, 1.807) is 11.3 Å². The maximum absolute atomic E-state index is 5.35. The van der Waals surface area contributed by atoms with Gasteiger partial charge in [-0.3, -0.25) is 0 Å². The van der Waals surface area contributed by atoms with Gasteiger partial charge in [-0.15, -0.1) is 11.3 Å². The standard InChI is InChI=1S/C13H14N2OS.ClH/c1-2-4-11(5-3-1)12-10-17-13(14-12)15-6-8-16-9-7-15;/h1-5,10H,6-9H2;1H/p-1. The SMILES string of the molecule is [Cl-].c1ccc(-c2csc(N3CCOCC3)n2)cc1. The Kier molecular flexibility index (Phi) is 4.58. The summed E-state index contributed by atoms with van der Waals surface area (Å²) >= 11 is 1.71. The summed E-state index contributed by atoms with van der Waals surface area (Å²) in [6, 6.07) is 10.3. The lowest BCUT2D eigenvalue weighted by atomic mass is 10.2. The number of ether oxygens (including phenoxy) is 1. The summed E-state index contributed by atoms with van der Waals surface area (Å²) in [6.45, 7) is 3.50. The Labute approximate surface area is 117 Å². The first-order valence-corrected chi connectivity index (χ1v) is 6.65. The first-order valence-electron chi connectivity index (χ1n) is 5.77. The molecule has 1 aliphatic heterocycles. The van der Waals surface area contributed by atoms with Crippen LogP contribution in [0.15, 0.2) is 35.7 Å². The van der Waals surface area contributed by atoms with E-state index in [0.717, 1.165) is 37.1 Å². The van der Waals surface area contributed by atoms with Crippen molar-refractivity contribution in [3.05, 3.63) is 35.7 Å². The van der Waals surface area contributed by atoms with E-state index >= 15 is 0 Å². The fourth-order valence-corrected chi connectivity index (χ4v) is 2.79. The molecule has 0 amide bonds. The molecule has 1 aromatic heterocycles. The lowest BCUT2D eigenvalue weighted by molar-refractivity contribution is -0.00000411. The van der Waals surface area contributed by atoms with Gasteiger partial charge in [0.05, 0.1) is 18.9 Å². The van der Waals surface area contributed by atoms with E-state index in [1.807, 2.05) is 18.2 Å². The molecule has 2 heterocycles. The van der Waals surface area contributed by atoms with Crippen LogP contribution in [0.3, 0.4) is 0 Å². The van der Waals surface area contributed by atoms with Crippen molar-refractivity contribution in [2.45, 2.75) is 0 Å². The summed E-state index contributed by atoms with van der Waals surface area (Å²) < 4.78 is 5.35. The minimum Gasteiger partial charge on any atom is -1.00 e. The number of anilines is 1. The Morgan fingerprint density at radius 3 is 2.56 bits per heavy atom. The molecular weight excluding hydrogens is 268 g/mol. The van der Waals surface area contributed by atoms with Crippen molar-refractivity contribution in [1.29, 1.82) is 0 Å². The number of rotatable bonds is 2. The lowest BCUT2D eigenvalue weighted by Crippen LogP contribution is -3.00. The average Bonchev–Trinajstić information content (AvgIpc) is 2.90. The molecule has 0 radical (unpaired) electrons. The van der Waals surface area contributed by atoms with Crippen molar-refractivity contribution >= 4 is 16.5 Å². The molecule has 0 unspecified atom stereocenters. The Morgan fingerprint density at radius 1 is 1.11 bits per heavy atom. The van der Waals surface area contributed by atoms with E-state index in [0.29, 0.717) is 0 Å². The molecule has 0 saturated carbocycles. The number of nitrogens with zero attached hydrogens (tertiary/aromatic N) is 2. The van der Waals surface area contributed by atoms with Crippen LogP contribution in [-0.2, 0) is 4.74 Å². The van der Waals surface area contributed by atoms with E-state index in [4.69, 9.17) is 9.72 Å². The zero-order chi connectivity index (χ0) is 11.5. The molecule has 1 fully saturated rings. The summed E-state index contributed by atoms with van der Waals surface area (Å²) in [5.41, 5.74) is 2.25. The molecule has 0 aliphatic carbocycles. The molecular formula is C13H14ClN2OS-. The average molecular weight is 282 g/mol. The highest BCUT2D eigenvalue weighted by Gasteiger charge is 2.14. The third kappa shape index (κ3) is 2.83. The molecule has 0 spiro atoms. The van der Waals surface area contributed by atoms with Crippen molar-refractivity contribution in [3.63, 3.8) is 0 Å². The van der Waals surface area contributed by atoms with Crippen LogP contribution < -0.4 is 17.3 Å². The highest BCUT2D eigenvalue weighted by atomic mass is 35.5. The third-order valence-corrected chi connectivity index (χ3v) is 3.74. The highest BCUT2D eigenvalue weighted by molar-refractivity contribution is 7.14. The molecule has 0 bridgehead atoms. The normalized spacial score (nSPS) is 15.2. The number of halogens is 1. The van der Waals surface area contributed by atoms with Crippen molar-refractivity contribution in [2.24, 2.45) is 0 Å². The van der Waals surface area contributed by atoms with Gasteiger partial charge < -0.3 is 22.0 Å². The number of hydrogen-bond donors (Lipinski definition) is 0. The van der Waals surface area contributed by atoms with Gasteiger partial charge >= 0.3 is 0 Å². The lowest BCUT2D eigenvalue weighted by Gasteiger charge is -2.26. The third-order valence-electron chi connectivity index (χ3n) is 2.84. The number of morpholine rings is 1. The monoisotopic (exact) mass is 281 g/mol. The molecule has 0 N–H and O–H groups in total. The quantitative estimate of drug-likeness (QED) is 0.753. The number of hydrogen-bond acceptors (Lipinski definition) is 4. The second kappa shape index (κ2) is 6.18. The summed E-state index contributed by atoms with van der Waals surface area (Å²) in [5.74, 6) is 0. The van der Waals surface area contributed by atoms with Gasteiger partial charge in [-0.2, -0.15) is 0 Å². The van der Waals surface area contributed by atoms with Gasteiger partial charge in [0.15, 0.2) is 5.13 Å². The fourth-order valence-electron chi connectivity index (χ4n) is 1.91. The topological polar surface area (TPSA) is 25.4 Å². The van der Waals surface area contributed by atoms with Crippen LogP contribution in [0.25, 0.3) is 11.3 Å². The Balaban J connectivity index is 0.00000120. The molecule has 1 aromatic carbocycles. The predicted octanol–water partition coefficient (Wildman–Crippen LogP) is -0.349. The molecule has 3 nitrogen and oxygen atoms in total. The second-order valence-electron chi connectivity index (χ2n) is 3.98. The highest BCUT2D eigenvalue weighted by Crippen LogP contribution is 2.27. The number of aromatic nitrogens is 1. The summed E-state index contributed by atoms with van der Waals surface area (Å²) in [6.07, 6.45) is 0. The van der Waals surface area contributed by atoms with Crippen molar-refractivity contribution in [1.82, 2.24) is 4.98 Å². The van der Waals surface area contributed by atoms with Gasteiger partial charge in [0.25, 0.3) is 0 Å². The Hall–Kier alpha value is -1.10. The first kappa shape index (κ1) is 13.3. The molecule has 18 heavy (non-hydrogen) atoms. The molecule has 2 aromatic rings. The van der Waals surface area contributed by atoms with Gasteiger partial charge in [-0.05, 0) is 0 Å². The number of thiazole rings is 1. The minimum absolute atomic E-state index is 0. The molecule has 1 saturated heterocycles. The van der Waals surface area contributed by atoms with E-state index in [1.165, 1.54) is 5.56 Å². The van der Waals surface area contributed by atoms with E-state index < -0.39 is 0 Å². The summed E-state index contributed by atoms with van der Waals surface area (Å²) in [5, 5.41) is 3.23. The van der Waals surface area contributed by atoms with E-state index in [2.05, 4.69) is 22.4 Å². The van der Waals surface area contributed by atoms with E-state index in [9.17, 15) is 0 Å². The Bertz CT molecular complexity index is 483. The van der Waals surface area contributed by atoms with Crippen LogP contribution in [-0.4, -0.2) is 31.3 Å². The van der Waals surface area contributed by atoms with Gasteiger partial charge in [-0.25, -0.2) is 4.98 Å². The Morgan fingerprint density at radius 2 is 1.83 bits per heavy atom. The van der Waals surface area contributed by atoms with Crippen molar-refractivity contribution in [3.8, 4) is 11.3 Å². The predicted molar refractivity (Wildman–Crippen MR) is 70.6 cm³/mol. The van der Waals surface area contributed by atoms with Crippen molar-refractivity contribution in [2.75, 3.05) is 31.2 Å². The maximum atomic E-state index is 5.35. The zero-order valence-corrected chi connectivity index (χ0v) is 11.5. The van der Waals surface area contributed by atoms with Crippen LogP contribution in [0.2, 0.25) is 0 Å². The van der Waals surface area contributed by atoms with Crippen LogP contribution >= 0.6 is 11.3 Å². The maximum Gasteiger partial charge on any atom is 0.186 e. The summed E-state index contributed by atoms with van der Waals surface area (Å²) in [4.78, 5) is 6.99. The summed E-state index contributed by atoms with van der Waals surface area (Å²) in [7, 11) is 0. The van der Waals surface area contributed by atoms with Crippen LogP contribution in [0.1, 0.15) is 0 Å².